The number of rotatable bonds is 3. The monoisotopic (exact) mass is 248 g/mol. The Bertz CT molecular complexity index is 453. The standard InChI is InChI=1S/C12H16N4O2/c1-13-7-10-6-11(15-8-14-10)16-4-2-9(3-5-16)12(17)18/h6-9H,2-5H2,1H3,(H,17,18)/b13-7-. The molecule has 18 heavy (non-hydrogen) atoms. The highest BCUT2D eigenvalue weighted by Crippen LogP contribution is 2.21. The highest BCUT2D eigenvalue weighted by atomic mass is 16.4. The van der Waals surface area contributed by atoms with E-state index in [1.165, 1.54) is 6.33 Å². The minimum atomic E-state index is -0.698. The molecule has 1 fully saturated rings. The number of hydrogen-bond acceptors (Lipinski definition) is 5. The van der Waals surface area contributed by atoms with Crippen molar-refractivity contribution >= 4 is 18.0 Å². The van der Waals surface area contributed by atoms with Crippen LogP contribution in [0.1, 0.15) is 18.5 Å². The maximum absolute atomic E-state index is 10.9. The summed E-state index contributed by atoms with van der Waals surface area (Å²) in [5.74, 6) is -0.0837. The minimum absolute atomic E-state index is 0.222. The maximum atomic E-state index is 10.9. The van der Waals surface area contributed by atoms with E-state index in [1.54, 1.807) is 13.3 Å². The van der Waals surface area contributed by atoms with Gasteiger partial charge < -0.3 is 10.0 Å². The van der Waals surface area contributed by atoms with E-state index in [0.717, 1.165) is 24.6 Å². The van der Waals surface area contributed by atoms with Crippen molar-refractivity contribution in [2.24, 2.45) is 10.9 Å². The summed E-state index contributed by atoms with van der Waals surface area (Å²) >= 11 is 0. The van der Waals surface area contributed by atoms with Gasteiger partial charge in [-0.25, -0.2) is 9.97 Å². The molecule has 1 aliphatic heterocycles. The first-order chi connectivity index (χ1) is 8.70. The van der Waals surface area contributed by atoms with E-state index in [-0.39, 0.29) is 5.92 Å². The molecule has 2 rings (SSSR count). The molecule has 0 radical (unpaired) electrons. The molecular formula is C12H16N4O2. The number of nitrogens with zero attached hydrogens (tertiary/aromatic N) is 4. The van der Waals surface area contributed by atoms with Crippen molar-refractivity contribution in [1.29, 1.82) is 0 Å². The summed E-state index contributed by atoms with van der Waals surface area (Å²) in [7, 11) is 1.69. The first-order valence-corrected chi connectivity index (χ1v) is 5.92. The van der Waals surface area contributed by atoms with Gasteiger partial charge in [0.05, 0.1) is 11.6 Å². The molecule has 0 amide bonds. The summed E-state index contributed by atoms with van der Waals surface area (Å²) < 4.78 is 0. The van der Waals surface area contributed by atoms with Crippen LogP contribution in [0.5, 0.6) is 0 Å². The lowest BCUT2D eigenvalue weighted by molar-refractivity contribution is -0.142. The van der Waals surface area contributed by atoms with Gasteiger partial charge in [0.15, 0.2) is 0 Å². The van der Waals surface area contributed by atoms with E-state index >= 15 is 0 Å². The summed E-state index contributed by atoms with van der Waals surface area (Å²) in [5.41, 5.74) is 0.767. The van der Waals surface area contributed by atoms with Gasteiger partial charge in [-0.15, -0.1) is 0 Å². The van der Waals surface area contributed by atoms with Gasteiger partial charge in [0, 0.05) is 32.4 Å². The molecular weight excluding hydrogens is 232 g/mol. The highest BCUT2D eigenvalue weighted by Gasteiger charge is 2.25. The minimum Gasteiger partial charge on any atom is -0.481 e. The van der Waals surface area contributed by atoms with Crippen molar-refractivity contribution in [2.75, 3.05) is 25.0 Å². The Hall–Kier alpha value is -1.98. The molecule has 1 aliphatic rings. The summed E-state index contributed by atoms with van der Waals surface area (Å²) in [4.78, 5) is 25.2. The molecule has 6 nitrogen and oxygen atoms in total. The lowest BCUT2D eigenvalue weighted by Gasteiger charge is -2.30. The second kappa shape index (κ2) is 5.57. The van der Waals surface area contributed by atoms with Gasteiger partial charge in [0.1, 0.15) is 12.1 Å². The molecule has 0 saturated carbocycles. The predicted molar refractivity (Wildman–Crippen MR) is 68.1 cm³/mol. The summed E-state index contributed by atoms with van der Waals surface area (Å²) in [6.07, 6.45) is 4.51. The van der Waals surface area contributed by atoms with Gasteiger partial charge in [-0.1, -0.05) is 0 Å². The van der Waals surface area contributed by atoms with Crippen LogP contribution in [0, 0.1) is 5.92 Å². The van der Waals surface area contributed by atoms with Gasteiger partial charge in [0.25, 0.3) is 0 Å². The van der Waals surface area contributed by atoms with Crippen LogP contribution in [-0.2, 0) is 4.79 Å². The van der Waals surface area contributed by atoms with Crippen LogP contribution in [0.15, 0.2) is 17.4 Å². The lowest BCUT2D eigenvalue weighted by Crippen LogP contribution is -2.36. The largest absolute Gasteiger partial charge is 0.481 e. The third-order valence-corrected chi connectivity index (χ3v) is 3.10. The lowest BCUT2D eigenvalue weighted by atomic mass is 9.97. The third-order valence-electron chi connectivity index (χ3n) is 3.10. The van der Waals surface area contributed by atoms with E-state index in [2.05, 4.69) is 19.9 Å². The number of anilines is 1. The molecule has 0 atom stereocenters. The summed E-state index contributed by atoms with van der Waals surface area (Å²) in [6.45, 7) is 1.44. The topological polar surface area (TPSA) is 78.7 Å². The number of carbonyl (C=O) groups is 1. The second-order valence-corrected chi connectivity index (χ2v) is 4.29. The Morgan fingerprint density at radius 1 is 1.50 bits per heavy atom. The van der Waals surface area contributed by atoms with Crippen molar-refractivity contribution < 1.29 is 9.90 Å². The average Bonchev–Trinajstić information content (AvgIpc) is 2.39. The predicted octanol–water partition coefficient (Wildman–Crippen LogP) is 0.826. The second-order valence-electron chi connectivity index (χ2n) is 4.29. The molecule has 1 N–H and O–H groups in total. The van der Waals surface area contributed by atoms with Crippen molar-refractivity contribution in [1.82, 2.24) is 9.97 Å². The van der Waals surface area contributed by atoms with Crippen LogP contribution in [0.2, 0.25) is 0 Å². The first-order valence-electron chi connectivity index (χ1n) is 5.92. The number of carboxylic acid groups (broad SMARTS) is 1. The Labute approximate surface area is 105 Å². The number of carboxylic acids is 1. The van der Waals surface area contributed by atoms with Crippen molar-refractivity contribution in [2.45, 2.75) is 12.8 Å². The molecule has 0 aliphatic carbocycles. The Kier molecular flexibility index (Phi) is 3.86. The normalized spacial score (nSPS) is 17.3. The van der Waals surface area contributed by atoms with Crippen LogP contribution < -0.4 is 4.90 Å². The zero-order chi connectivity index (χ0) is 13.0. The van der Waals surface area contributed by atoms with Gasteiger partial charge in [-0.3, -0.25) is 9.79 Å². The molecule has 0 aromatic carbocycles. The molecule has 2 heterocycles. The van der Waals surface area contributed by atoms with Gasteiger partial charge >= 0.3 is 5.97 Å². The smallest absolute Gasteiger partial charge is 0.306 e. The van der Waals surface area contributed by atoms with Crippen LogP contribution >= 0.6 is 0 Å². The van der Waals surface area contributed by atoms with E-state index < -0.39 is 5.97 Å². The van der Waals surface area contributed by atoms with Crippen molar-refractivity contribution in [3.05, 3.63) is 18.1 Å². The molecule has 6 heteroatoms. The quantitative estimate of drug-likeness (QED) is 0.801. The van der Waals surface area contributed by atoms with Crippen molar-refractivity contribution in [3.63, 3.8) is 0 Å². The van der Waals surface area contributed by atoms with Crippen LogP contribution in [-0.4, -0.2) is 47.4 Å². The molecule has 1 aromatic rings. The fourth-order valence-corrected chi connectivity index (χ4v) is 2.09. The Balaban J connectivity index is 2.05. The van der Waals surface area contributed by atoms with Gasteiger partial charge in [0.2, 0.25) is 0 Å². The van der Waals surface area contributed by atoms with Crippen LogP contribution in [0.25, 0.3) is 0 Å². The fraction of sp³-hybridized carbons (Fsp3) is 0.500. The molecule has 0 spiro atoms. The van der Waals surface area contributed by atoms with E-state index in [0.29, 0.717) is 12.8 Å². The SMILES string of the molecule is C/N=C\c1cc(N2CCC(C(=O)O)CC2)ncn1. The molecule has 0 unspecified atom stereocenters. The van der Waals surface area contributed by atoms with Crippen LogP contribution in [0.4, 0.5) is 5.82 Å². The number of aliphatic imine (C=N–C) groups is 1. The zero-order valence-electron chi connectivity index (χ0n) is 10.3. The molecule has 1 aromatic heterocycles. The number of aliphatic carboxylic acids is 1. The van der Waals surface area contributed by atoms with Crippen molar-refractivity contribution in [3.8, 4) is 0 Å². The van der Waals surface area contributed by atoms with Gasteiger partial charge in [-0.05, 0) is 12.8 Å². The summed E-state index contributed by atoms with van der Waals surface area (Å²) in [6, 6.07) is 1.87. The fourth-order valence-electron chi connectivity index (χ4n) is 2.09. The summed E-state index contributed by atoms with van der Waals surface area (Å²) in [5, 5.41) is 8.95. The number of aromatic nitrogens is 2. The van der Waals surface area contributed by atoms with E-state index in [4.69, 9.17) is 5.11 Å². The maximum Gasteiger partial charge on any atom is 0.306 e. The van der Waals surface area contributed by atoms with Gasteiger partial charge in [-0.2, -0.15) is 0 Å². The average molecular weight is 248 g/mol. The third kappa shape index (κ3) is 2.82. The van der Waals surface area contributed by atoms with Crippen LogP contribution in [0.3, 0.4) is 0 Å². The zero-order valence-corrected chi connectivity index (χ0v) is 10.3. The highest BCUT2D eigenvalue weighted by molar-refractivity contribution is 5.78. The Morgan fingerprint density at radius 2 is 2.22 bits per heavy atom. The van der Waals surface area contributed by atoms with E-state index in [9.17, 15) is 4.79 Å². The Morgan fingerprint density at radius 3 is 2.83 bits per heavy atom. The molecule has 0 bridgehead atoms. The molecule has 1 saturated heterocycles. The van der Waals surface area contributed by atoms with E-state index in [1.807, 2.05) is 6.07 Å². The first kappa shape index (κ1) is 12.5. The number of piperidine rings is 1. The number of hydrogen-bond donors (Lipinski definition) is 1. The molecule has 96 valence electrons.